The van der Waals surface area contributed by atoms with E-state index in [-0.39, 0.29) is 38.4 Å². The molecule has 1 heterocycles. The maximum atomic E-state index is 13.1. The second-order valence-electron chi connectivity index (χ2n) is 8.01. The molecule has 0 aliphatic carbocycles. The van der Waals surface area contributed by atoms with E-state index in [0.717, 1.165) is 12.1 Å². The number of carbonyl (C=O) groups is 1. The molecule has 3 aromatic rings. The lowest BCUT2D eigenvalue weighted by Gasteiger charge is -2.27. The summed E-state index contributed by atoms with van der Waals surface area (Å²) in [7, 11) is -6.73. The SMILES string of the molecule is COc1ccc(S(=O)(=O)Nc2ccc(S(=O)(=O)Nc3ccc(F)cc3)cc2)cc1C(=O)N1CCOCC1. The van der Waals surface area contributed by atoms with Crippen molar-refractivity contribution in [2.45, 2.75) is 9.79 Å². The van der Waals surface area contributed by atoms with Gasteiger partial charge in [0.1, 0.15) is 11.6 Å². The van der Waals surface area contributed by atoms with Gasteiger partial charge in [-0.3, -0.25) is 14.2 Å². The Morgan fingerprint density at radius 1 is 0.838 bits per heavy atom. The van der Waals surface area contributed by atoms with Crippen LogP contribution in [0.15, 0.2) is 76.5 Å². The molecule has 196 valence electrons. The molecule has 0 atom stereocenters. The average molecular weight is 550 g/mol. The molecule has 1 aliphatic heterocycles. The molecule has 4 rings (SSSR count). The van der Waals surface area contributed by atoms with Gasteiger partial charge in [0.15, 0.2) is 0 Å². The highest BCUT2D eigenvalue weighted by Crippen LogP contribution is 2.26. The number of rotatable bonds is 8. The summed E-state index contributed by atoms with van der Waals surface area (Å²) in [5.74, 6) is -0.645. The second-order valence-corrected chi connectivity index (χ2v) is 11.4. The van der Waals surface area contributed by atoms with Crippen molar-refractivity contribution in [1.29, 1.82) is 0 Å². The molecular weight excluding hydrogens is 525 g/mol. The Labute approximate surface area is 214 Å². The van der Waals surface area contributed by atoms with Crippen molar-refractivity contribution in [3.8, 4) is 5.75 Å². The third-order valence-corrected chi connectivity index (χ3v) is 8.30. The quantitative estimate of drug-likeness (QED) is 0.442. The number of hydrogen-bond acceptors (Lipinski definition) is 7. The molecule has 10 nitrogen and oxygen atoms in total. The van der Waals surface area contributed by atoms with Crippen molar-refractivity contribution >= 4 is 37.3 Å². The minimum Gasteiger partial charge on any atom is -0.496 e. The molecule has 0 aromatic heterocycles. The smallest absolute Gasteiger partial charge is 0.261 e. The number of ether oxygens (including phenoxy) is 2. The van der Waals surface area contributed by atoms with E-state index in [2.05, 4.69) is 9.44 Å². The van der Waals surface area contributed by atoms with Crippen LogP contribution in [0.1, 0.15) is 10.4 Å². The van der Waals surface area contributed by atoms with Crippen LogP contribution in [0.2, 0.25) is 0 Å². The van der Waals surface area contributed by atoms with Gasteiger partial charge >= 0.3 is 0 Å². The molecule has 0 saturated carbocycles. The number of halogens is 1. The van der Waals surface area contributed by atoms with Crippen LogP contribution in [0.25, 0.3) is 0 Å². The summed E-state index contributed by atoms with van der Waals surface area (Å²) in [6.07, 6.45) is 0. The molecule has 0 unspecified atom stereocenters. The fraction of sp³-hybridized carbons (Fsp3) is 0.208. The summed E-state index contributed by atoms with van der Waals surface area (Å²) in [5, 5.41) is 0. The number of nitrogens with one attached hydrogen (secondary N) is 2. The molecule has 0 spiro atoms. The molecule has 1 amide bonds. The normalized spacial score (nSPS) is 14.2. The lowest BCUT2D eigenvalue weighted by Crippen LogP contribution is -2.40. The molecule has 2 N–H and O–H groups in total. The van der Waals surface area contributed by atoms with Crippen LogP contribution in [0, 0.1) is 5.82 Å². The largest absolute Gasteiger partial charge is 0.496 e. The Morgan fingerprint density at radius 2 is 1.35 bits per heavy atom. The van der Waals surface area contributed by atoms with E-state index in [1.54, 1.807) is 4.90 Å². The van der Waals surface area contributed by atoms with Gasteiger partial charge in [-0.2, -0.15) is 0 Å². The number of hydrogen-bond donors (Lipinski definition) is 2. The predicted octanol–water partition coefficient (Wildman–Crippen LogP) is 2.91. The highest BCUT2D eigenvalue weighted by molar-refractivity contribution is 7.93. The van der Waals surface area contributed by atoms with E-state index >= 15 is 0 Å². The van der Waals surface area contributed by atoms with Crippen molar-refractivity contribution in [3.63, 3.8) is 0 Å². The van der Waals surface area contributed by atoms with Crippen molar-refractivity contribution in [1.82, 2.24) is 4.90 Å². The number of benzene rings is 3. The van der Waals surface area contributed by atoms with E-state index in [9.17, 15) is 26.0 Å². The van der Waals surface area contributed by atoms with E-state index in [1.165, 1.54) is 61.7 Å². The first-order valence-electron chi connectivity index (χ1n) is 11.1. The van der Waals surface area contributed by atoms with Crippen LogP contribution < -0.4 is 14.2 Å². The van der Waals surface area contributed by atoms with Crippen molar-refractivity contribution in [2.24, 2.45) is 0 Å². The van der Waals surface area contributed by atoms with Gasteiger partial charge in [-0.25, -0.2) is 21.2 Å². The number of methoxy groups -OCH3 is 1. The topological polar surface area (TPSA) is 131 Å². The van der Waals surface area contributed by atoms with Gasteiger partial charge in [-0.15, -0.1) is 0 Å². The van der Waals surface area contributed by atoms with Crippen LogP contribution in [0.3, 0.4) is 0 Å². The molecular formula is C24H24FN3O7S2. The van der Waals surface area contributed by atoms with Gasteiger partial charge in [-0.05, 0) is 66.7 Å². The van der Waals surface area contributed by atoms with Crippen molar-refractivity contribution in [2.75, 3.05) is 42.9 Å². The lowest BCUT2D eigenvalue weighted by atomic mass is 10.1. The zero-order valence-corrected chi connectivity index (χ0v) is 21.3. The van der Waals surface area contributed by atoms with Crippen molar-refractivity contribution < 1.29 is 35.5 Å². The summed E-state index contributed by atoms with van der Waals surface area (Å²) >= 11 is 0. The number of anilines is 2. The molecule has 37 heavy (non-hydrogen) atoms. The van der Waals surface area contributed by atoms with Gasteiger partial charge in [0, 0.05) is 24.5 Å². The minimum atomic E-state index is -4.13. The minimum absolute atomic E-state index is 0.0978. The third-order valence-electron chi connectivity index (χ3n) is 5.52. The van der Waals surface area contributed by atoms with Crippen LogP contribution in [-0.4, -0.2) is 61.1 Å². The Balaban J connectivity index is 1.53. The standard InChI is InChI=1S/C24H24FN3O7S2/c1-34-23-11-10-21(16-22(23)24(29)28-12-14-35-15-13-28)37(32,33)27-19-6-8-20(9-7-19)36(30,31)26-18-4-2-17(25)3-5-18/h2-11,16,26-27H,12-15H2,1H3. The Bertz CT molecular complexity index is 1490. The Kier molecular flexibility index (Phi) is 7.66. The first kappa shape index (κ1) is 26.4. The molecule has 0 bridgehead atoms. The summed E-state index contributed by atoms with van der Waals surface area (Å²) in [5.41, 5.74) is 0.381. The lowest BCUT2D eigenvalue weighted by molar-refractivity contribution is 0.0300. The fourth-order valence-electron chi connectivity index (χ4n) is 3.61. The first-order chi connectivity index (χ1) is 17.6. The van der Waals surface area contributed by atoms with Crippen LogP contribution in [0.4, 0.5) is 15.8 Å². The van der Waals surface area contributed by atoms with Gasteiger partial charge in [0.2, 0.25) is 0 Å². The molecule has 1 aliphatic rings. The first-order valence-corrected chi connectivity index (χ1v) is 14.0. The van der Waals surface area contributed by atoms with E-state index in [0.29, 0.717) is 26.3 Å². The molecule has 13 heteroatoms. The summed E-state index contributed by atoms with van der Waals surface area (Å²) in [6, 6.07) is 13.8. The van der Waals surface area contributed by atoms with Gasteiger partial charge in [0.25, 0.3) is 26.0 Å². The van der Waals surface area contributed by atoms with Crippen LogP contribution >= 0.6 is 0 Å². The number of sulfonamides is 2. The second kappa shape index (κ2) is 10.7. The summed E-state index contributed by atoms with van der Waals surface area (Å²) < 4.78 is 79.6. The molecule has 1 saturated heterocycles. The van der Waals surface area contributed by atoms with E-state index < -0.39 is 25.9 Å². The molecule has 0 radical (unpaired) electrons. The maximum absolute atomic E-state index is 13.1. The van der Waals surface area contributed by atoms with Crippen LogP contribution in [-0.2, 0) is 24.8 Å². The number of morpholine rings is 1. The van der Waals surface area contributed by atoms with Gasteiger partial charge in [-0.1, -0.05) is 0 Å². The number of carbonyl (C=O) groups excluding carboxylic acids is 1. The predicted molar refractivity (Wildman–Crippen MR) is 134 cm³/mol. The summed E-state index contributed by atoms with van der Waals surface area (Å²) in [4.78, 5) is 14.3. The number of amides is 1. The third kappa shape index (κ3) is 6.18. The maximum Gasteiger partial charge on any atom is 0.261 e. The Morgan fingerprint density at radius 3 is 1.92 bits per heavy atom. The zero-order valence-electron chi connectivity index (χ0n) is 19.7. The van der Waals surface area contributed by atoms with Gasteiger partial charge in [0.05, 0.1) is 35.7 Å². The Hall–Kier alpha value is -3.68. The van der Waals surface area contributed by atoms with E-state index in [1.807, 2.05) is 0 Å². The van der Waals surface area contributed by atoms with E-state index in [4.69, 9.17) is 9.47 Å². The highest BCUT2D eigenvalue weighted by Gasteiger charge is 2.25. The zero-order chi connectivity index (χ0) is 26.6. The average Bonchev–Trinajstić information content (AvgIpc) is 2.89. The van der Waals surface area contributed by atoms with Crippen molar-refractivity contribution in [3.05, 3.63) is 78.1 Å². The fourth-order valence-corrected chi connectivity index (χ4v) is 5.75. The van der Waals surface area contributed by atoms with Crippen LogP contribution in [0.5, 0.6) is 5.75 Å². The number of nitrogens with zero attached hydrogens (tertiary/aromatic N) is 1. The molecule has 1 fully saturated rings. The molecule has 3 aromatic carbocycles. The van der Waals surface area contributed by atoms with Gasteiger partial charge < -0.3 is 14.4 Å². The summed E-state index contributed by atoms with van der Waals surface area (Å²) in [6.45, 7) is 1.53. The monoisotopic (exact) mass is 549 g/mol. The highest BCUT2D eigenvalue weighted by atomic mass is 32.2.